The fourth-order valence-electron chi connectivity index (χ4n) is 1.26. The molecule has 0 saturated heterocycles. The van der Waals surface area contributed by atoms with Crippen LogP contribution in [-0.4, -0.2) is 51.0 Å². The zero-order valence-electron chi connectivity index (χ0n) is 11.8. The molecule has 8 heteroatoms. The lowest BCUT2D eigenvalue weighted by Crippen LogP contribution is -2.39. The summed E-state index contributed by atoms with van der Waals surface area (Å²) >= 11 is 0. The number of nitrogens with zero attached hydrogens (tertiary/aromatic N) is 2. The van der Waals surface area contributed by atoms with E-state index < -0.39 is 15.6 Å². The summed E-state index contributed by atoms with van der Waals surface area (Å²) < 4.78 is 33.4. The van der Waals surface area contributed by atoms with E-state index in [1.807, 2.05) is 20.9 Å². The van der Waals surface area contributed by atoms with Gasteiger partial charge in [0.25, 0.3) is 0 Å². The Labute approximate surface area is 114 Å². The summed E-state index contributed by atoms with van der Waals surface area (Å²) in [7, 11) is -0.167. The van der Waals surface area contributed by atoms with Crippen molar-refractivity contribution in [2.45, 2.75) is 30.9 Å². The number of ether oxygens (including phenoxy) is 1. The Balaban J connectivity index is 2.69. The van der Waals surface area contributed by atoms with Crippen molar-refractivity contribution < 1.29 is 13.2 Å². The Morgan fingerprint density at radius 2 is 2.16 bits per heavy atom. The molecule has 1 rings (SSSR count). The molecular formula is C11H22N4O3S. The van der Waals surface area contributed by atoms with Gasteiger partial charge in [-0.2, -0.15) is 5.10 Å². The van der Waals surface area contributed by atoms with Gasteiger partial charge in [0.05, 0.1) is 18.3 Å². The van der Waals surface area contributed by atoms with Crippen molar-refractivity contribution in [2.24, 2.45) is 0 Å². The van der Waals surface area contributed by atoms with Gasteiger partial charge in [-0.3, -0.25) is 4.68 Å². The molecule has 2 N–H and O–H groups in total. The van der Waals surface area contributed by atoms with Crippen LogP contribution < -0.4 is 10.0 Å². The van der Waals surface area contributed by atoms with Gasteiger partial charge < -0.3 is 10.1 Å². The molecule has 19 heavy (non-hydrogen) atoms. The minimum absolute atomic E-state index is 0.163. The van der Waals surface area contributed by atoms with Gasteiger partial charge in [0.15, 0.2) is 0 Å². The van der Waals surface area contributed by atoms with Crippen LogP contribution in [0.15, 0.2) is 17.3 Å². The maximum atomic E-state index is 12.0. The van der Waals surface area contributed by atoms with Crippen LogP contribution in [0.4, 0.5) is 0 Å². The van der Waals surface area contributed by atoms with Gasteiger partial charge in [-0.05, 0) is 20.9 Å². The molecule has 0 atom stereocenters. The third-order valence-corrected chi connectivity index (χ3v) is 4.11. The predicted octanol–water partition coefficient (Wildman–Crippen LogP) is -0.194. The highest BCUT2D eigenvalue weighted by Crippen LogP contribution is 2.10. The topological polar surface area (TPSA) is 85.2 Å². The fourth-order valence-corrected chi connectivity index (χ4v) is 2.41. The number of hydrogen-bond acceptors (Lipinski definition) is 5. The van der Waals surface area contributed by atoms with Crippen molar-refractivity contribution in [3.63, 3.8) is 0 Å². The molecule has 0 bridgehead atoms. The van der Waals surface area contributed by atoms with Gasteiger partial charge in [0, 0.05) is 26.4 Å². The molecule has 0 aliphatic carbocycles. The number of aromatic nitrogens is 2. The molecule has 0 saturated carbocycles. The van der Waals surface area contributed by atoms with E-state index in [0.29, 0.717) is 6.54 Å². The summed E-state index contributed by atoms with van der Waals surface area (Å²) in [6, 6.07) is 0. The van der Waals surface area contributed by atoms with Crippen LogP contribution in [0.2, 0.25) is 0 Å². The number of nitrogens with one attached hydrogen (secondary N) is 2. The Hall–Kier alpha value is -0.960. The molecule has 0 aromatic carbocycles. The third kappa shape index (κ3) is 4.90. The van der Waals surface area contributed by atoms with Crippen LogP contribution in [0, 0.1) is 0 Å². The van der Waals surface area contributed by atoms with Gasteiger partial charge in [-0.25, -0.2) is 13.1 Å². The van der Waals surface area contributed by atoms with E-state index in [2.05, 4.69) is 15.1 Å². The van der Waals surface area contributed by atoms with E-state index in [4.69, 9.17) is 4.74 Å². The fraction of sp³-hybridized carbons (Fsp3) is 0.727. The van der Waals surface area contributed by atoms with Crippen LogP contribution in [0.3, 0.4) is 0 Å². The Kier molecular flexibility index (Phi) is 5.48. The first kappa shape index (κ1) is 16.1. The second-order valence-corrected chi connectivity index (χ2v) is 6.60. The van der Waals surface area contributed by atoms with E-state index in [-0.39, 0.29) is 11.4 Å². The Morgan fingerprint density at radius 1 is 1.47 bits per heavy atom. The van der Waals surface area contributed by atoms with E-state index in [9.17, 15) is 8.42 Å². The van der Waals surface area contributed by atoms with Gasteiger partial charge in [-0.1, -0.05) is 0 Å². The van der Waals surface area contributed by atoms with Gasteiger partial charge in [0.2, 0.25) is 10.0 Å². The standard InChI is InChI=1S/C11H22N4O3S/c1-11(2,18-4)9-14-19(16,17)10-7-13-15(8-10)6-5-12-3/h7-8,12,14H,5-6,9H2,1-4H3. The third-order valence-electron chi connectivity index (χ3n) is 2.75. The molecule has 1 aromatic rings. The summed E-state index contributed by atoms with van der Waals surface area (Å²) in [5.41, 5.74) is -0.546. The van der Waals surface area contributed by atoms with Crippen LogP contribution in [-0.2, 0) is 21.3 Å². The molecule has 0 radical (unpaired) electrons. The minimum atomic E-state index is -3.54. The van der Waals surface area contributed by atoms with E-state index >= 15 is 0 Å². The second-order valence-electron chi connectivity index (χ2n) is 4.83. The summed E-state index contributed by atoms with van der Waals surface area (Å²) in [5, 5.41) is 6.99. The number of methoxy groups -OCH3 is 1. The van der Waals surface area contributed by atoms with Crippen molar-refractivity contribution in [1.29, 1.82) is 0 Å². The zero-order chi connectivity index (χ0) is 14.5. The van der Waals surface area contributed by atoms with E-state index in [1.54, 1.807) is 11.8 Å². The molecule has 0 aliphatic heterocycles. The van der Waals surface area contributed by atoms with Crippen molar-refractivity contribution in [2.75, 3.05) is 27.2 Å². The average Bonchev–Trinajstić information content (AvgIpc) is 2.84. The van der Waals surface area contributed by atoms with Crippen molar-refractivity contribution in [1.82, 2.24) is 19.8 Å². The molecule has 7 nitrogen and oxygen atoms in total. The first-order valence-electron chi connectivity index (χ1n) is 6.02. The molecule has 0 amide bonds. The number of hydrogen-bond donors (Lipinski definition) is 2. The van der Waals surface area contributed by atoms with E-state index in [0.717, 1.165) is 6.54 Å². The maximum Gasteiger partial charge on any atom is 0.243 e. The highest BCUT2D eigenvalue weighted by atomic mass is 32.2. The highest BCUT2D eigenvalue weighted by molar-refractivity contribution is 7.89. The maximum absolute atomic E-state index is 12.0. The normalized spacial score (nSPS) is 12.8. The first-order chi connectivity index (χ1) is 8.80. The number of sulfonamides is 1. The summed E-state index contributed by atoms with van der Waals surface area (Å²) in [6.07, 6.45) is 2.86. The predicted molar refractivity (Wildman–Crippen MR) is 72.4 cm³/mol. The number of likely N-dealkylation sites (N-methyl/N-ethyl adjacent to an activating group) is 1. The average molecular weight is 290 g/mol. The largest absolute Gasteiger partial charge is 0.377 e. The van der Waals surface area contributed by atoms with Crippen LogP contribution in [0.1, 0.15) is 13.8 Å². The Bertz CT molecular complexity index is 496. The Morgan fingerprint density at radius 3 is 2.74 bits per heavy atom. The summed E-state index contributed by atoms with van der Waals surface area (Å²) in [6.45, 7) is 5.17. The monoisotopic (exact) mass is 290 g/mol. The molecule has 0 aliphatic rings. The number of rotatable bonds is 8. The first-order valence-corrected chi connectivity index (χ1v) is 7.51. The van der Waals surface area contributed by atoms with Crippen molar-refractivity contribution in [3.8, 4) is 0 Å². The molecule has 0 fully saturated rings. The van der Waals surface area contributed by atoms with Crippen LogP contribution in [0.5, 0.6) is 0 Å². The van der Waals surface area contributed by atoms with Crippen LogP contribution in [0.25, 0.3) is 0 Å². The smallest absolute Gasteiger partial charge is 0.243 e. The molecule has 1 heterocycles. The van der Waals surface area contributed by atoms with Gasteiger partial charge >= 0.3 is 0 Å². The quantitative estimate of drug-likeness (QED) is 0.693. The van der Waals surface area contributed by atoms with Gasteiger partial charge in [-0.15, -0.1) is 0 Å². The molecule has 0 unspecified atom stereocenters. The lowest BCUT2D eigenvalue weighted by Gasteiger charge is -2.22. The summed E-state index contributed by atoms with van der Waals surface area (Å²) in [5.74, 6) is 0. The van der Waals surface area contributed by atoms with Crippen molar-refractivity contribution in [3.05, 3.63) is 12.4 Å². The SMILES string of the molecule is CNCCn1cc(S(=O)(=O)NCC(C)(C)OC)cn1. The molecule has 0 spiro atoms. The van der Waals surface area contributed by atoms with Gasteiger partial charge in [0.1, 0.15) is 4.90 Å². The molecular weight excluding hydrogens is 268 g/mol. The minimum Gasteiger partial charge on any atom is -0.377 e. The molecule has 110 valence electrons. The summed E-state index contributed by atoms with van der Waals surface area (Å²) in [4.78, 5) is 0.163. The highest BCUT2D eigenvalue weighted by Gasteiger charge is 2.22. The second kappa shape index (κ2) is 6.47. The lowest BCUT2D eigenvalue weighted by molar-refractivity contribution is 0.0276. The van der Waals surface area contributed by atoms with Crippen molar-refractivity contribution >= 4 is 10.0 Å². The van der Waals surface area contributed by atoms with Crippen LogP contribution >= 0.6 is 0 Å². The molecule has 1 aromatic heterocycles. The van der Waals surface area contributed by atoms with E-state index in [1.165, 1.54) is 12.4 Å². The lowest BCUT2D eigenvalue weighted by atomic mass is 10.1. The zero-order valence-corrected chi connectivity index (χ0v) is 12.6.